The van der Waals surface area contributed by atoms with Gasteiger partial charge in [-0.05, 0) is 20.3 Å². The van der Waals surface area contributed by atoms with E-state index in [0.29, 0.717) is 12.4 Å². The van der Waals surface area contributed by atoms with E-state index in [4.69, 9.17) is 11.6 Å². The monoisotopic (exact) mass is 241 g/mol. The third-order valence-corrected chi connectivity index (χ3v) is 4.80. The van der Waals surface area contributed by atoms with E-state index in [0.717, 1.165) is 6.42 Å². The average Bonchev–Trinajstić information content (AvgIpc) is 2.12. The molecule has 0 aliphatic rings. The highest BCUT2D eigenvalue weighted by Gasteiger charge is 2.15. The van der Waals surface area contributed by atoms with Crippen LogP contribution >= 0.6 is 11.6 Å². The van der Waals surface area contributed by atoms with Crippen LogP contribution in [-0.2, 0) is 9.84 Å². The van der Waals surface area contributed by atoms with Crippen molar-refractivity contribution in [2.24, 2.45) is 0 Å². The predicted octanol–water partition coefficient (Wildman–Crippen LogP) is 1.42. The lowest BCUT2D eigenvalue weighted by molar-refractivity contribution is 0.546. The Morgan fingerprint density at radius 3 is 2.29 bits per heavy atom. The van der Waals surface area contributed by atoms with Gasteiger partial charge in [-0.1, -0.05) is 6.92 Å². The Balaban J connectivity index is 3.85. The number of nitrogens with one attached hydrogen (secondary N) is 1. The summed E-state index contributed by atoms with van der Waals surface area (Å²) >= 11 is 5.67. The molecule has 86 valence electrons. The van der Waals surface area contributed by atoms with Crippen LogP contribution in [0.5, 0.6) is 0 Å². The van der Waals surface area contributed by atoms with Gasteiger partial charge in [-0.3, -0.25) is 0 Å². The summed E-state index contributed by atoms with van der Waals surface area (Å²) in [6.45, 7) is 5.92. The van der Waals surface area contributed by atoms with Crippen molar-refractivity contribution < 1.29 is 8.42 Å². The number of sulfone groups is 1. The molecule has 0 aromatic heterocycles. The number of hydrogen-bond donors (Lipinski definition) is 1. The first-order chi connectivity index (χ1) is 6.44. The summed E-state index contributed by atoms with van der Waals surface area (Å²) in [5, 5.41) is 2.83. The fourth-order valence-electron chi connectivity index (χ4n) is 0.949. The van der Waals surface area contributed by atoms with E-state index in [1.165, 1.54) is 0 Å². The maximum absolute atomic E-state index is 11.4. The molecule has 0 saturated carbocycles. The summed E-state index contributed by atoms with van der Waals surface area (Å²) in [6, 6.07) is 0.221. The van der Waals surface area contributed by atoms with Crippen LogP contribution in [0.1, 0.15) is 27.2 Å². The third kappa shape index (κ3) is 5.17. The average molecular weight is 242 g/mol. The number of halogens is 1. The molecule has 0 aromatic rings. The molecule has 1 unspecified atom stereocenters. The SMILES string of the molecule is CCC(CCl)NCCS(=O)(=O)C(C)C. The second-order valence-electron chi connectivity index (χ2n) is 3.63. The van der Waals surface area contributed by atoms with E-state index in [1.54, 1.807) is 13.8 Å². The Hall–Kier alpha value is 0.200. The summed E-state index contributed by atoms with van der Waals surface area (Å²) in [5.74, 6) is 0.719. The van der Waals surface area contributed by atoms with Crippen LogP contribution in [0.4, 0.5) is 0 Å². The summed E-state index contributed by atoms with van der Waals surface area (Å²) in [4.78, 5) is 0. The molecule has 0 saturated heterocycles. The minimum Gasteiger partial charge on any atom is -0.312 e. The fraction of sp³-hybridized carbons (Fsp3) is 1.00. The fourth-order valence-corrected chi connectivity index (χ4v) is 2.15. The lowest BCUT2D eigenvalue weighted by Gasteiger charge is -2.14. The molecule has 0 spiro atoms. The van der Waals surface area contributed by atoms with Crippen LogP contribution in [0.25, 0.3) is 0 Å². The summed E-state index contributed by atoms with van der Waals surface area (Å²) in [5.41, 5.74) is 0. The first-order valence-electron chi connectivity index (χ1n) is 4.95. The van der Waals surface area contributed by atoms with Gasteiger partial charge in [0.25, 0.3) is 0 Å². The van der Waals surface area contributed by atoms with Gasteiger partial charge in [0.1, 0.15) is 0 Å². The van der Waals surface area contributed by atoms with Gasteiger partial charge in [-0.25, -0.2) is 8.42 Å². The van der Waals surface area contributed by atoms with E-state index < -0.39 is 9.84 Å². The van der Waals surface area contributed by atoms with Gasteiger partial charge in [-0.15, -0.1) is 11.6 Å². The zero-order valence-electron chi connectivity index (χ0n) is 9.09. The summed E-state index contributed by atoms with van der Waals surface area (Å²) in [6.07, 6.45) is 0.922. The molecular weight excluding hydrogens is 222 g/mol. The van der Waals surface area contributed by atoms with Crippen LogP contribution in [0.15, 0.2) is 0 Å². The zero-order chi connectivity index (χ0) is 11.2. The van der Waals surface area contributed by atoms with Crippen LogP contribution in [0.3, 0.4) is 0 Å². The lowest BCUT2D eigenvalue weighted by Crippen LogP contribution is -2.35. The first-order valence-corrected chi connectivity index (χ1v) is 7.20. The van der Waals surface area contributed by atoms with E-state index in [2.05, 4.69) is 5.32 Å². The van der Waals surface area contributed by atoms with E-state index in [1.807, 2.05) is 6.92 Å². The Bertz CT molecular complexity index is 235. The molecule has 0 amide bonds. The Kier molecular flexibility index (Phi) is 6.74. The normalized spacial score (nSPS) is 14.6. The Morgan fingerprint density at radius 2 is 1.93 bits per heavy atom. The third-order valence-electron chi connectivity index (χ3n) is 2.22. The quantitative estimate of drug-likeness (QED) is 0.686. The van der Waals surface area contributed by atoms with Gasteiger partial charge in [0.2, 0.25) is 0 Å². The molecular formula is C9H20ClNO2S. The minimum atomic E-state index is -2.92. The second-order valence-corrected chi connectivity index (χ2v) is 6.61. The largest absolute Gasteiger partial charge is 0.312 e. The van der Waals surface area contributed by atoms with Gasteiger partial charge >= 0.3 is 0 Å². The predicted molar refractivity (Wildman–Crippen MR) is 61.7 cm³/mol. The Labute approximate surface area is 92.1 Å². The van der Waals surface area contributed by atoms with Crippen molar-refractivity contribution in [1.29, 1.82) is 0 Å². The zero-order valence-corrected chi connectivity index (χ0v) is 10.7. The van der Waals surface area contributed by atoms with Crippen LogP contribution in [0, 0.1) is 0 Å². The van der Waals surface area contributed by atoms with Crippen LogP contribution < -0.4 is 5.32 Å². The van der Waals surface area contributed by atoms with Crippen LogP contribution in [-0.4, -0.2) is 37.9 Å². The molecule has 0 rings (SSSR count). The molecule has 0 radical (unpaired) electrons. The summed E-state index contributed by atoms with van der Waals surface area (Å²) in [7, 11) is -2.92. The van der Waals surface area contributed by atoms with Crippen molar-refractivity contribution in [1.82, 2.24) is 5.32 Å². The van der Waals surface area contributed by atoms with Gasteiger partial charge in [0.05, 0.1) is 11.0 Å². The van der Waals surface area contributed by atoms with Crippen molar-refractivity contribution in [3.63, 3.8) is 0 Å². The number of rotatable bonds is 7. The highest BCUT2D eigenvalue weighted by Crippen LogP contribution is 2.00. The topological polar surface area (TPSA) is 46.2 Å². The van der Waals surface area contributed by atoms with E-state index in [-0.39, 0.29) is 17.0 Å². The maximum atomic E-state index is 11.4. The molecule has 0 fully saturated rings. The Morgan fingerprint density at radius 1 is 1.36 bits per heavy atom. The van der Waals surface area contributed by atoms with Gasteiger partial charge in [0, 0.05) is 18.5 Å². The van der Waals surface area contributed by atoms with Crippen molar-refractivity contribution in [2.75, 3.05) is 18.2 Å². The van der Waals surface area contributed by atoms with Crippen LogP contribution in [0.2, 0.25) is 0 Å². The number of hydrogen-bond acceptors (Lipinski definition) is 3. The first kappa shape index (κ1) is 14.2. The smallest absolute Gasteiger partial charge is 0.153 e. The van der Waals surface area contributed by atoms with Crippen molar-refractivity contribution in [2.45, 2.75) is 38.5 Å². The van der Waals surface area contributed by atoms with Crippen molar-refractivity contribution >= 4 is 21.4 Å². The van der Waals surface area contributed by atoms with Gasteiger partial charge in [-0.2, -0.15) is 0 Å². The van der Waals surface area contributed by atoms with E-state index >= 15 is 0 Å². The molecule has 0 aromatic carbocycles. The second kappa shape index (κ2) is 6.64. The molecule has 5 heteroatoms. The maximum Gasteiger partial charge on any atom is 0.153 e. The molecule has 0 heterocycles. The van der Waals surface area contributed by atoms with Crippen molar-refractivity contribution in [3.8, 4) is 0 Å². The molecule has 14 heavy (non-hydrogen) atoms. The summed E-state index contributed by atoms with van der Waals surface area (Å²) < 4.78 is 22.8. The molecule has 1 atom stereocenters. The molecule has 3 nitrogen and oxygen atoms in total. The molecule has 0 bridgehead atoms. The highest BCUT2D eigenvalue weighted by molar-refractivity contribution is 7.92. The number of alkyl halides is 1. The molecule has 1 N–H and O–H groups in total. The van der Waals surface area contributed by atoms with Crippen molar-refractivity contribution in [3.05, 3.63) is 0 Å². The molecule has 0 aliphatic carbocycles. The highest BCUT2D eigenvalue weighted by atomic mass is 35.5. The molecule has 0 aliphatic heterocycles. The van der Waals surface area contributed by atoms with Gasteiger partial charge < -0.3 is 5.32 Å². The van der Waals surface area contributed by atoms with E-state index in [9.17, 15) is 8.42 Å². The minimum absolute atomic E-state index is 0.193. The lowest BCUT2D eigenvalue weighted by atomic mass is 10.3. The standard InChI is InChI=1S/C9H20ClNO2S/c1-4-9(7-10)11-5-6-14(12,13)8(2)3/h8-9,11H,4-7H2,1-3H3. The van der Waals surface area contributed by atoms with Gasteiger partial charge in [0.15, 0.2) is 9.84 Å².